The summed E-state index contributed by atoms with van der Waals surface area (Å²) in [6.45, 7) is 2.23. The smallest absolute Gasteiger partial charge is 0.418 e. The molecule has 0 radical (unpaired) electrons. The van der Waals surface area contributed by atoms with E-state index in [4.69, 9.17) is 0 Å². The fourth-order valence-corrected chi connectivity index (χ4v) is 3.88. The Morgan fingerprint density at radius 2 is 1.76 bits per heavy atom. The zero-order valence-electron chi connectivity index (χ0n) is 9.13. The van der Waals surface area contributed by atoms with E-state index in [0.717, 1.165) is 0 Å². The molecule has 2 aromatic rings. The fraction of sp³-hybridized carbons (Fsp3) is 0.300. The van der Waals surface area contributed by atoms with Crippen LogP contribution in [0, 0.1) is 0 Å². The average Bonchev–Trinajstić information content (AvgIpc) is 2.57. The lowest BCUT2D eigenvalue weighted by molar-refractivity contribution is 0.368. The molecule has 0 aliphatic heterocycles. The van der Waals surface area contributed by atoms with Crippen LogP contribution in [0.25, 0.3) is 9.40 Å². The van der Waals surface area contributed by atoms with Crippen LogP contribution in [0.5, 0.6) is 0 Å². The van der Waals surface area contributed by atoms with E-state index >= 15 is 0 Å². The third kappa shape index (κ3) is 5.98. The molecule has 0 spiro atoms. The molecule has 1 heterocycles. The van der Waals surface area contributed by atoms with Crippen LogP contribution in [-0.2, 0) is 6.42 Å². The van der Waals surface area contributed by atoms with Crippen molar-refractivity contribution in [2.24, 2.45) is 0 Å². The maximum Gasteiger partial charge on any atom is 0.673 e. The van der Waals surface area contributed by atoms with Crippen molar-refractivity contribution in [3.8, 4) is 0 Å². The maximum absolute atomic E-state index is 9.75. The van der Waals surface area contributed by atoms with Crippen molar-refractivity contribution in [1.29, 1.82) is 0 Å². The topological polar surface area (TPSA) is 0 Å². The van der Waals surface area contributed by atoms with E-state index in [9.17, 15) is 17.3 Å². The van der Waals surface area contributed by atoms with E-state index in [1.807, 2.05) is 22.7 Å². The second-order valence-corrected chi connectivity index (χ2v) is 5.80. The Hall–Kier alpha value is -0.685. The Morgan fingerprint density at radius 3 is 2.29 bits per heavy atom. The van der Waals surface area contributed by atoms with Crippen LogP contribution in [0.3, 0.4) is 0 Å². The molecular weight excluding hydrogens is 271 g/mol. The summed E-state index contributed by atoms with van der Waals surface area (Å²) in [4.78, 5) is 0. The van der Waals surface area contributed by atoms with Crippen LogP contribution in [0.2, 0.25) is 0 Å². The molecular formula is C10H11BF4S2. The second kappa shape index (κ2) is 6.30. The fourth-order valence-electron chi connectivity index (χ4n) is 1.19. The van der Waals surface area contributed by atoms with Gasteiger partial charge in [0.25, 0.3) is 4.19 Å². The summed E-state index contributed by atoms with van der Waals surface area (Å²) >= 11 is 3.88. The number of halogens is 4. The maximum atomic E-state index is 9.75. The summed E-state index contributed by atoms with van der Waals surface area (Å²) in [6, 6.07) is 8.63. The quantitative estimate of drug-likeness (QED) is 0.388. The molecule has 7 heteroatoms. The summed E-state index contributed by atoms with van der Waals surface area (Å²) in [5.74, 6) is 0. The minimum atomic E-state index is -6.00. The van der Waals surface area contributed by atoms with Gasteiger partial charge in [-0.15, -0.1) is 0 Å². The van der Waals surface area contributed by atoms with Crippen LogP contribution in [0.1, 0.15) is 17.5 Å². The van der Waals surface area contributed by atoms with E-state index in [2.05, 4.69) is 31.2 Å². The first-order valence-electron chi connectivity index (χ1n) is 5.08. The predicted octanol–water partition coefficient (Wildman–Crippen LogP) is 5.50. The first-order valence-corrected chi connectivity index (χ1v) is 6.71. The van der Waals surface area contributed by atoms with Crippen molar-refractivity contribution in [2.75, 3.05) is 0 Å². The molecule has 0 amide bonds. The highest BCUT2D eigenvalue weighted by atomic mass is 32.2. The third-order valence-electron chi connectivity index (χ3n) is 1.75. The average molecular weight is 282 g/mol. The molecule has 0 aliphatic carbocycles. The third-order valence-corrected chi connectivity index (χ3v) is 4.40. The molecule has 17 heavy (non-hydrogen) atoms. The number of fused-ring (bicyclic) bond motifs is 1. The van der Waals surface area contributed by atoms with E-state index in [1.165, 1.54) is 22.2 Å². The van der Waals surface area contributed by atoms with E-state index in [-0.39, 0.29) is 0 Å². The van der Waals surface area contributed by atoms with Gasteiger partial charge in [0.2, 0.25) is 0 Å². The van der Waals surface area contributed by atoms with E-state index in [1.54, 1.807) is 4.19 Å². The molecule has 0 atom stereocenters. The zero-order valence-corrected chi connectivity index (χ0v) is 10.8. The summed E-state index contributed by atoms with van der Waals surface area (Å²) in [6.07, 6.45) is 2.49. The summed E-state index contributed by atoms with van der Waals surface area (Å²) in [7, 11) is -6.00. The van der Waals surface area contributed by atoms with Gasteiger partial charge in [0.15, 0.2) is 9.40 Å². The highest BCUT2D eigenvalue weighted by molar-refractivity contribution is 7.38. The highest BCUT2D eigenvalue weighted by Gasteiger charge is 2.20. The minimum absolute atomic E-state index is 1.24. The van der Waals surface area contributed by atoms with Crippen molar-refractivity contribution in [3.63, 3.8) is 0 Å². The van der Waals surface area contributed by atoms with Crippen LogP contribution in [0.15, 0.2) is 24.3 Å². The SMILES string of the molecule is CCCc1sc2ccccc2[s+]1.F[B-](F)(F)F. The monoisotopic (exact) mass is 282 g/mol. The molecule has 0 saturated carbocycles. The number of rotatable bonds is 2. The van der Waals surface area contributed by atoms with Crippen LogP contribution in [-0.4, -0.2) is 7.25 Å². The molecule has 1 aromatic heterocycles. The van der Waals surface area contributed by atoms with Crippen LogP contribution in [0.4, 0.5) is 17.3 Å². The lowest BCUT2D eigenvalue weighted by atomic mass is 10.3. The van der Waals surface area contributed by atoms with Crippen molar-refractivity contribution in [3.05, 3.63) is 28.5 Å². The van der Waals surface area contributed by atoms with Gasteiger partial charge in [-0.1, -0.05) is 19.1 Å². The molecule has 0 fully saturated rings. The lowest BCUT2D eigenvalue weighted by Crippen LogP contribution is -2.02. The Balaban J connectivity index is 0.000000249. The number of hydrogen-bond acceptors (Lipinski definition) is 1. The molecule has 1 aromatic carbocycles. The largest absolute Gasteiger partial charge is 0.673 e. The number of aryl methyl sites for hydroxylation is 1. The molecule has 94 valence electrons. The molecule has 0 N–H and O–H groups in total. The summed E-state index contributed by atoms with van der Waals surface area (Å²) in [5, 5.41) is 0. The van der Waals surface area contributed by atoms with Gasteiger partial charge in [0, 0.05) is 6.42 Å². The van der Waals surface area contributed by atoms with Crippen molar-refractivity contribution in [2.45, 2.75) is 19.8 Å². The van der Waals surface area contributed by atoms with Gasteiger partial charge in [-0.3, -0.25) is 0 Å². The molecule has 0 bridgehead atoms. The minimum Gasteiger partial charge on any atom is -0.418 e. The summed E-state index contributed by atoms with van der Waals surface area (Å²) in [5.41, 5.74) is 0. The number of hydrogen-bond donors (Lipinski definition) is 0. The predicted molar refractivity (Wildman–Crippen MR) is 68.3 cm³/mol. The van der Waals surface area contributed by atoms with Gasteiger partial charge in [-0.2, -0.15) is 0 Å². The number of benzene rings is 1. The highest BCUT2D eigenvalue weighted by Crippen LogP contribution is 2.31. The van der Waals surface area contributed by atoms with E-state index in [0.29, 0.717) is 0 Å². The van der Waals surface area contributed by atoms with Gasteiger partial charge in [0.1, 0.15) is 0 Å². The molecule has 0 saturated heterocycles. The van der Waals surface area contributed by atoms with Gasteiger partial charge in [0.05, 0.1) is 22.7 Å². The van der Waals surface area contributed by atoms with Crippen molar-refractivity contribution in [1.82, 2.24) is 0 Å². The van der Waals surface area contributed by atoms with Gasteiger partial charge in [-0.05, 0) is 18.6 Å². The normalized spacial score (nSPS) is 11.1. The Kier molecular flexibility index (Phi) is 5.33. The van der Waals surface area contributed by atoms with Crippen molar-refractivity contribution >= 4 is 39.3 Å². The molecule has 0 nitrogen and oxygen atoms in total. The summed E-state index contributed by atoms with van der Waals surface area (Å²) < 4.78 is 43.4. The van der Waals surface area contributed by atoms with Crippen LogP contribution >= 0.6 is 22.7 Å². The van der Waals surface area contributed by atoms with Gasteiger partial charge < -0.3 is 17.3 Å². The Bertz CT molecular complexity index is 428. The van der Waals surface area contributed by atoms with E-state index < -0.39 is 7.25 Å². The lowest BCUT2D eigenvalue weighted by Gasteiger charge is -1.94. The molecule has 0 aliphatic rings. The van der Waals surface area contributed by atoms with Crippen LogP contribution < -0.4 is 0 Å². The van der Waals surface area contributed by atoms with Gasteiger partial charge in [-0.25, -0.2) is 0 Å². The Labute approximate surface area is 105 Å². The van der Waals surface area contributed by atoms with Gasteiger partial charge >= 0.3 is 7.25 Å². The van der Waals surface area contributed by atoms with Crippen molar-refractivity contribution < 1.29 is 17.3 Å². The zero-order chi connectivity index (χ0) is 12.9. The Morgan fingerprint density at radius 1 is 1.18 bits per heavy atom. The first kappa shape index (κ1) is 14.4. The molecule has 0 unspecified atom stereocenters. The second-order valence-electron chi connectivity index (χ2n) is 3.27. The molecule has 2 rings (SSSR count). The standard InChI is InChI=1S/C10H11S2.BF4/c1-2-5-10-11-8-6-3-4-7-9(8)12-10;2-1(3,4)5/h3-4,6-7H,2,5H2,1H3;/q+1;-1. The first-order chi connectivity index (χ1) is 7.90.